The van der Waals surface area contributed by atoms with Gasteiger partial charge in [-0.2, -0.15) is 23.9 Å². The lowest BCUT2D eigenvalue weighted by Gasteiger charge is -2.15. The van der Waals surface area contributed by atoms with Crippen molar-refractivity contribution in [1.82, 2.24) is 19.9 Å². The molecule has 5 rings (SSSR count). The second kappa shape index (κ2) is 12.0. The molecule has 5 aromatic rings. The number of nitrogens with one attached hydrogen (secondary N) is 1. The average molecular weight is 607 g/mol. The molecule has 0 saturated carbocycles. The fourth-order valence-corrected chi connectivity index (χ4v) is 5.48. The molecule has 2 aromatic carbocycles. The third-order valence-corrected chi connectivity index (χ3v) is 7.72. The fraction of sp³-hybridized carbons (Fsp3) is 0.100. The van der Waals surface area contributed by atoms with E-state index in [0.717, 1.165) is 0 Å². The summed E-state index contributed by atoms with van der Waals surface area (Å²) in [5.41, 5.74) is 9.34. The van der Waals surface area contributed by atoms with E-state index in [1.165, 1.54) is 30.9 Å². The molecule has 0 radical (unpaired) electrons. The predicted molar refractivity (Wildman–Crippen MR) is 156 cm³/mol. The number of benzene rings is 2. The largest absolute Gasteiger partial charge is 0.459 e. The summed E-state index contributed by atoms with van der Waals surface area (Å²) in [6.45, 7) is 3.27. The molecule has 0 saturated heterocycles. The molecule has 14 heteroatoms. The quantitative estimate of drug-likeness (QED) is 0.229. The van der Waals surface area contributed by atoms with Gasteiger partial charge in [0, 0.05) is 34.1 Å². The maximum absolute atomic E-state index is 13.3. The van der Waals surface area contributed by atoms with Gasteiger partial charge in [-0.25, -0.2) is 15.0 Å². The summed E-state index contributed by atoms with van der Waals surface area (Å²) in [7, 11) is -4.22. The molecule has 3 heterocycles. The number of ether oxygens (including phenoxy) is 1. The molecule has 0 aliphatic carbocycles. The van der Waals surface area contributed by atoms with Crippen molar-refractivity contribution >= 4 is 21.6 Å². The lowest BCUT2D eigenvalue weighted by Crippen LogP contribution is -2.18. The Bertz CT molecular complexity index is 2100. The van der Waals surface area contributed by atoms with E-state index in [4.69, 9.17) is 14.9 Å². The van der Waals surface area contributed by atoms with E-state index in [0.29, 0.717) is 39.3 Å². The van der Waals surface area contributed by atoms with Crippen molar-refractivity contribution in [2.75, 3.05) is 4.72 Å². The SMILES string of the molecule is Cc1cc(NS(=O)(=O)c2ccnc(OCc3c(-c4cnco4)ccc(C)c3C(N)=O)n2)cc(-c2ccc(C#N)c(C#N)n2)c1. The highest BCUT2D eigenvalue weighted by molar-refractivity contribution is 7.92. The van der Waals surface area contributed by atoms with Crippen LogP contribution >= 0.6 is 0 Å². The van der Waals surface area contributed by atoms with Crippen molar-refractivity contribution in [2.45, 2.75) is 25.5 Å². The molecule has 3 N–H and O–H groups in total. The van der Waals surface area contributed by atoms with Crippen LogP contribution in [0.2, 0.25) is 0 Å². The summed E-state index contributed by atoms with van der Waals surface area (Å²) in [5, 5.41) is 18.1. The van der Waals surface area contributed by atoms with E-state index in [2.05, 4.69) is 24.7 Å². The Balaban J connectivity index is 1.41. The molecule has 0 aliphatic rings. The Morgan fingerprint density at radius 2 is 1.89 bits per heavy atom. The van der Waals surface area contributed by atoms with Gasteiger partial charge in [-0.05, 0) is 61.4 Å². The van der Waals surface area contributed by atoms with Crippen molar-refractivity contribution in [3.05, 3.63) is 101 Å². The van der Waals surface area contributed by atoms with E-state index in [1.807, 2.05) is 12.1 Å². The molecule has 0 fully saturated rings. The van der Waals surface area contributed by atoms with Crippen LogP contribution in [0.15, 0.2) is 76.8 Å². The van der Waals surface area contributed by atoms with E-state index in [1.54, 1.807) is 50.2 Å². The van der Waals surface area contributed by atoms with E-state index in [9.17, 15) is 23.7 Å². The summed E-state index contributed by atoms with van der Waals surface area (Å²) in [6, 6.07) is 16.2. The summed E-state index contributed by atoms with van der Waals surface area (Å²) in [4.78, 5) is 28.6. The average Bonchev–Trinajstić information content (AvgIpc) is 3.54. The highest BCUT2D eigenvalue weighted by atomic mass is 32.2. The Morgan fingerprint density at radius 1 is 1.07 bits per heavy atom. The molecule has 1 amide bonds. The minimum atomic E-state index is -4.22. The number of hydrogen-bond donors (Lipinski definition) is 2. The first-order valence-electron chi connectivity index (χ1n) is 12.8. The third kappa shape index (κ3) is 6.06. The number of nitrogens with zero attached hydrogens (tertiary/aromatic N) is 6. The van der Waals surface area contributed by atoms with Crippen LogP contribution in [-0.4, -0.2) is 34.3 Å². The van der Waals surface area contributed by atoms with Crippen LogP contribution in [0.4, 0.5) is 5.69 Å². The number of primary amides is 1. The Morgan fingerprint density at radius 3 is 2.59 bits per heavy atom. The number of hydrogen-bond acceptors (Lipinski definition) is 11. The molecule has 0 unspecified atom stereocenters. The number of oxazole rings is 1. The summed E-state index contributed by atoms with van der Waals surface area (Å²) >= 11 is 0. The van der Waals surface area contributed by atoms with Gasteiger partial charge in [0.1, 0.15) is 18.7 Å². The standard InChI is InChI=1S/C30H22N8O5S/c1-17-9-20(24-6-4-19(12-31)25(13-32)36-24)11-21(10-17)38-44(40,41)27-7-8-35-30(37-27)42-15-23-22(26-14-34-16-43-26)5-3-18(2)28(23)29(33)39/h3-11,14,16,38H,15H2,1-2H3,(H2,33,39). The number of anilines is 1. The lowest BCUT2D eigenvalue weighted by atomic mass is 9.95. The molecular formula is C30H22N8O5S. The maximum Gasteiger partial charge on any atom is 0.317 e. The molecule has 3 aromatic heterocycles. The van der Waals surface area contributed by atoms with Gasteiger partial charge in [0.15, 0.2) is 22.9 Å². The number of amides is 1. The summed E-state index contributed by atoms with van der Waals surface area (Å²) in [6.07, 6.45) is 3.95. The zero-order chi connectivity index (χ0) is 31.4. The monoisotopic (exact) mass is 606 g/mol. The van der Waals surface area contributed by atoms with Crippen LogP contribution in [0.3, 0.4) is 0 Å². The van der Waals surface area contributed by atoms with Crippen LogP contribution < -0.4 is 15.2 Å². The van der Waals surface area contributed by atoms with Gasteiger partial charge in [-0.15, -0.1) is 0 Å². The number of pyridine rings is 1. The fourth-order valence-electron chi connectivity index (χ4n) is 4.51. The Labute approximate surface area is 251 Å². The maximum atomic E-state index is 13.3. The second-order valence-electron chi connectivity index (χ2n) is 9.49. The van der Waals surface area contributed by atoms with Crippen molar-refractivity contribution in [1.29, 1.82) is 10.5 Å². The normalized spacial score (nSPS) is 10.9. The van der Waals surface area contributed by atoms with Crippen molar-refractivity contribution < 1.29 is 22.4 Å². The highest BCUT2D eigenvalue weighted by Crippen LogP contribution is 2.30. The van der Waals surface area contributed by atoms with Crippen LogP contribution in [0.1, 0.15) is 38.3 Å². The number of sulfonamides is 1. The second-order valence-corrected chi connectivity index (χ2v) is 11.1. The van der Waals surface area contributed by atoms with Gasteiger partial charge in [0.05, 0.1) is 17.5 Å². The lowest BCUT2D eigenvalue weighted by molar-refractivity contribution is 0.0997. The van der Waals surface area contributed by atoms with Gasteiger partial charge in [0.2, 0.25) is 5.91 Å². The zero-order valence-electron chi connectivity index (χ0n) is 23.3. The number of carbonyl (C=O) groups is 1. The number of aromatic nitrogens is 4. The van der Waals surface area contributed by atoms with Crippen LogP contribution in [0.25, 0.3) is 22.6 Å². The molecule has 0 atom stereocenters. The van der Waals surface area contributed by atoms with Gasteiger partial charge in [-0.3, -0.25) is 9.52 Å². The first-order chi connectivity index (χ1) is 21.1. The minimum absolute atomic E-state index is 0.0382. The van der Waals surface area contributed by atoms with Gasteiger partial charge >= 0.3 is 6.01 Å². The Hall–Kier alpha value is -6.12. The number of aryl methyl sites for hydroxylation is 2. The van der Waals surface area contributed by atoms with Crippen LogP contribution in [0.5, 0.6) is 6.01 Å². The van der Waals surface area contributed by atoms with Crippen molar-refractivity contribution in [3.8, 4) is 40.7 Å². The predicted octanol–water partition coefficient (Wildman–Crippen LogP) is 4.03. The summed E-state index contributed by atoms with van der Waals surface area (Å²) in [5.74, 6) is -0.299. The topological polar surface area (TPSA) is 211 Å². The molecule has 44 heavy (non-hydrogen) atoms. The van der Waals surface area contributed by atoms with Crippen LogP contribution in [-0.2, 0) is 16.6 Å². The molecule has 0 aliphatic heterocycles. The molecule has 13 nitrogen and oxygen atoms in total. The zero-order valence-corrected chi connectivity index (χ0v) is 24.1. The third-order valence-electron chi connectivity index (χ3n) is 6.44. The van der Waals surface area contributed by atoms with Gasteiger partial charge in [0.25, 0.3) is 10.0 Å². The molecule has 0 bridgehead atoms. The number of nitrogens with two attached hydrogens (primary N) is 1. The first kappa shape index (κ1) is 29.4. The molecule has 218 valence electrons. The van der Waals surface area contributed by atoms with E-state index >= 15 is 0 Å². The summed E-state index contributed by atoms with van der Waals surface area (Å²) < 4.78 is 40.3. The van der Waals surface area contributed by atoms with Crippen molar-refractivity contribution in [3.63, 3.8) is 0 Å². The highest BCUT2D eigenvalue weighted by Gasteiger charge is 2.22. The van der Waals surface area contributed by atoms with Gasteiger partial charge in [-0.1, -0.05) is 12.1 Å². The van der Waals surface area contributed by atoms with Crippen LogP contribution in [0, 0.1) is 36.5 Å². The minimum Gasteiger partial charge on any atom is -0.459 e. The molecular weight excluding hydrogens is 584 g/mol. The smallest absolute Gasteiger partial charge is 0.317 e. The van der Waals surface area contributed by atoms with Gasteiger partial charge < -0.3 is 14.9 Å². The first-order valence-corrected chi connectivity index (χ1v) is 14.3. The Kier molecular flexibility index (Phi) is 8.02. The van der Waals surface area contributed by atoms with Crippen molar-refractivity contribution in [2.24, 2.45) is 5.73 Å². The molecule has 0 spiro atoms. The number of nitriles is 2. The number of rotatable bonds is 9. The number of carbonyl (C=O) groups excluding carboxylic acids is 1. The van der Waals surface area contributed by atoms with E-state index in [-0.39, 0.29) is 40.2 Å². The van der Waals surface area contributed by atoms with E-state index < -0.39 is 15.9 Å².